The van der Waals surface area contributed by atoms with Crippen molar-refractivity contribution in [1.29, 1.82) is 0 Å². The van der Waals surface area contributed by atoms with Crippen LogP contribution in [0.4, 0.5) is 5.69 Å². The lowest BCUT2D eigenvalue weighted by Crippen LogP contribution is -2.51. The standard InChI is InChI=1S/C12H16N2O6S/c1-3-12(2,11(15)16)13-21(19,20)8-9-6-4-5-7-10(9)14(17)18/h4-7,13H,3,8H2,1-2H3,(H,15,16). The van der Waals surface area contributed by atoms with Gasteiger partial charge in [0.2, 0.25) is 10.0 Å². The van der Waals surface area contributed by atoms with Crippen LogP contribution in [0.1, 0.15) is 25.8 Å². The number of hydrogen-bond acceptors (Lipinski definition) is 5. The van der Waals surface area contributed by atoms with E-state index < -0.39 is 32.2 Å². The summed E-state index contributed by atoms with van der Waals surface area (Å²) in [5.74, 6) is -1.97. The lowest BCUT2D eigenvalue weighted by Gasteiger charge is -2.24. The van der Waals surface area contributed by atoms with Crippen LogP contribution in [0.5, 0.6) is 0 Å². The Kier molecular flexibility index (Phi) is 5.02. The van der Waals surface area contributed by atoms with Gasteiger partial charge in [0.05, 0.1) is 10.7 Å². The summed E-state index contributed by atoms with van der Waals surface area (Å²) >= 11 is 0. The van der Waals surface area contributed by atoms with Gasteiger partial charge in [-0.1, -0.05) is 25.1 Å². The third kappa shape index (κ3) is 4.23. The van der Waals surface area contributed by atoms with Crippen molar-refractivity contribution in [3.8, 4) is 0 Å². The van der Waals surface area contributed by atoms with E-state index in [1.54, 1.807) is 0 Å². The van der Waals surface area contributed by atoms with E-state index in [0.717, 1.165) is 0 Å². The summed E-state index contributed by atoms with van der Waals surface area (Å²) in [4.78, 5) is 21.3. The number of hydrogen-bond donors (Lipinski definition) is 2. The van der Waals surface area contributed by atoms with E-state index in [1.165, 1.54) is 38.1 Å². The Morgan fingerprint density at radius 2 is 2.00 bits per heavy atom. The second-order valence-corrected chi connectivity index (χ2v) is 6.46. The number of nitro benzene ring substituents is 1. The molecule has 1 aromatic rings. The van der Waals surface area contributed by atoms with Crippen molar-refractivity contribution in [1.82, 2.24) is 4.72 Å². The normalized spacial score (nSPS) is 14.4. The smallest absolute Gasteiger partial charge is 0.324 e. The summed E-state index contributed by atoms with van der Waals surface area (Å²) in [5.41, 5.74) is -1.97. The molecule has 0 aliphatic heterocycles. The van der Waals surface area contributed by atoms with Gasteiger partial charge in [-0.2, -0.15) is 4.72 Å². The number of nitrogens with zero attached hydrogens (tertiary/aromatic N) is 1. The third-order valence-corrected chi connectivity index (χ3v) is 4.55. The molecular formula is C12H16N2O6S. The number of nitrogens with one attached hydrogen (secondary N) is 1. The zero-order chi connectivity index (χ0) is 16.3. The molecule has 0 aromatic heterocycles. The van der Waals surface area contributed by atoms with Crippen molar-refractivity contribution >= 4 is 21.7 Å². The van der Waals surface area contributed by atoms with Gasteiger partial charge in [0, 0.05) is 11.6 Å². The molecule has 0 aliphatic carbocycles. The van der Waals surface area contributed by atoms with Gasteiger partial charge >= 0.3 is 5.97 Å². The first kappa shape index (κ1) is 17.1. The molecule has 8 nitrogen and oxygen atoms in total. The molecule has 21 heavy (non-hydrogen) atoms. The maximum absolute atomic E-state index is 12.1. The first-order valence-corrected chi connectivity index (χ1v) is 7.74. The fourth-order valence-electron chi connectivity index (χ4n) is 1.66. The van der Waals surface area contributed by atoms with E-state index in [-0.39, 0.29) is 17.7 Å². The second kappa shape index (κ2) is 6.19. The Morgan fingerprint density at radius 1 is 1.43 bits per heavy atom. The van der Waals surface area contributed by atoms with Gasteiger partial charge < -0.3 is 5.11 Å². The molecule has 1 aromatic carbocycles. The lowest BCUT2D eigenvalue weighted by molar-refractivity contribution is -0.385. The van der Waals surface area contributed by atoms with Crippen molar-refractivity contribution < 1.29 is 23.2 Å². The molecule has 116 valence electrons. The van der Waals surface area contributed by atoms with Crippen molar-refractivity contribution in [2.75, 3.05) is 0 Å². The fraction of sp³-hybridized carbons (Fsp3) is 0.417. The summed E-state index contributed by atoms with van der Waals surface area (Å²) in [7, 11) is -4.04. The van der Waals surface area contributed by atoms with E-state index in [2.05, 4.69) is 4.72 Å². The summed E-state index contributed by atoms with van der Waals surface area (Å²) < 4.78 is 26.2. The van der Waals surface area contributed by atoms with E-state index >= 15 is 0 Å². The lowest BCUT2D eigenvalue weighted by atomic mass is 10.0. The van der Waals surface area contributed by atoms with Crippen molar-refractivity contribution in [3.05, 3.63) is 39.9 Å². The van der Waals surface area contributed by atoms with Crippen molar-refractivity contribution in [2.24, 2.45) is 0 Å². The highest BCUT2D eigenvalue weighted by molar-refractivity contribution is 7.88. The molecule has 1 rings (SSSR count). The molecule has 2 N–H and O–H groups in total. The number of rotatable bonds is 7. The van der Waals surface area contributed by atoms with Gasteiger partial charge in [-0.25, -0.2) is 8.42 Å². The molecular weight excluding hydrogens is 300 g/mol. The zero-order valence-corrected chi connectivity index (χ0v) is 12.4. The average Bonchev–Trinajstić information content (AvgIpc) is 2.37. The van der Waals surface area contributed by atoms with E-state index in [4.69, 9.17) is 5.11 Å². The van der Waals surface area contributed by atoms with E-state index in [0.29, 0.717) is 0 Å². The molecule has 0 amide bonds. The number of carbonyl (C=O) groups is 1. The predicted molar refractivity (Wildman–Crippen MR) is 75.2 cm³/mol. The molecule has 1 unspecified atom stereocenters. The molecule has 1 atom stereocenters. The van der Waals surface area contributed by atoms with Crippen molar-refractivity contribution in [2.45, 2.75) is 31.6 Å². The fourth-order valence-corrected chi connectivity index (χ4v) is 3.31. The number of sulfonamides is 1. The Labute approximate surface area is 122 Å². The third-order valence-electron chi connectivity index (χ3n) is 3.09. The van der Waals surface area contributed by atoms with E-state index in [9.17, 15) is 23.3 Å². The number of para-hydroxylation sites is 1. The van der Waals surface area contributed by atoms with Crippen LogP contribution in [0.25, 0.3) is 0 Å². The Morgan fingerprint density at radius 3 is 2.48 bits per heavy atom. The van der Waals surface area contributed by atoms with Gasteiger partial charge in [0.1, 0.15) is 5.54 Å². The Bertz CT molecular complexity index is 657. The van der Waals surface area contributed by atoms with Gasteiger partial charge in [-0.05, 0) is 13.3 Å². The van der Waals surface area contributed by atoms with Gasteiger partial charge in [0.15, 0.2) is 0 Å². The van der Waals surface area contributed by atoms with Crippen LogP contribution in [0.3, 0.4) is 0 Å². The van der Waals surface area contributed by atoms with Gasteiger partial charge in [-0.3, -0.25) is 14.9 Å². The minimum atomic E-state index is -4.04. The van der Waals surface area contributed by atoms with Gasteiger partial charge in [-0.15, -0.1) is 0 Å². The summed E-state index contributed by atoms with van der Waals surface area (Å²) in [6.07, 6.45) is 0.0401. The largest absolute Gasteiger partial charge is 0.480 e. The molecule has 0 spiro atoms. The van der Waals surface area contributed by atoms with Crippen LogP contribution < -0.4 is 4.72 Å². The first-order valence-electron chi connectivity index (χ1n) is 6.08. The molecule has 0 radical (unpaired) electrons. The first-order chi connectivity index (χ1) is 9.61. The van der Waals surface area contributed by atoms with Crippen LogP contribution in [0.15, 0.2) is 24.3 Å². The highest BCUT2D eigenvalue weighted by atomic mass is 32.2. The average molecular weight is 316 g/mol. The number of carboxylic acids is 1. The minimum absolute atomic E-state index is 0.00107. The maximum Gasteiger partial charge on any atom is 0.324 e. The van der Waals surface area contributed by atoms with Crippen LogP contribution in [0, 0.1) is 10.1 Å². The zero-order valence-electron chi connectivity index (χ0n) is 11.6. The van der Waals surface area contributed by atoms with Crippen molar-refractivity contribution in [3.63, 3.8) is 0 Å². The minimum Gasteiger partial charge on any atom is -0.480 e. The monoisotopic (exact) mass is 316 g/mol. The van der Waals surface area contributed by atoms with Gasteiger partial charge in [0.25, 0.3) is 5.69 Å². The molecule has 0 saturated carbocycles. The number of aliphatic carboxylic acids is 1. The Hall–Kier alpha value is -2.00. The number of carboxylic acid groups (broad SMARTS) is 1. The van der Waals surface area contributed by atoms with E-state index in [1.807, 2.05) is 0 Å². The maximum atomic E-state index is 12.1. The molecule has 0 saturated heterocycles. The van der Waals surface area contributed by atoms with Crippen LogP contribution >= 0.6 is 0 Å². The van der Waals surface area contributed by atoms with Crippen LogP contribution in [0.2, 0.25) is 0 Å². The predicted octanol–water partition coefficient (Wildman–Crippen LogP) is 1.27. The highest BCUT2D eigenvalue weighted by Crippen LogP contribution is 2.21. The van der Waals surface area contributed by atoms with Crippen LogP contribution in [-0.2, 0) is 20.6 Å². The summed E-state index contributed by atoms with van der Waals surface area (Å²) in [5, 5.41) is 19.9. The second-order valence-electron chi connectivity index (χ2n) is 4.74. The molecule has 9 heteroatoms. The quantitative estimate of drug-likeness (QED) is 0.576. The number of benzene rings is 1. The summed E-state index contributed by atoms with van der Waals surface area (Å²) in [6.45, 7) is 2.77. The molecule has 0 fully saturated rings. The molecule has 0 heterocycles. The number of nitro groups is 1. The molecule has 0 aliphatic rings. The highest BCUT2D eigenvalue weighted by Gasteiger charge is 2.36. The molecule has 0 bridgehead atoms. The SMILES string of the molecule is CCC(C)(NS(=O)(=O)Cc1ccccc1[N+](=O)[O-])C(=O)O. The van der Waals surface area contributed by atoms with Crippen LogP contribution in [-0.4, -0.2) is 30.0 Å². The topological polar surface area (TPSA) is 127 Å². The Balaban J connectivity index is 3.07. The summed E-state index contributed by atoms with van der Waals surface area (Å²) in [6, 6.07) is 5.42.